The van der Waals surface area contributed by atoms with Gasteiger partial charge in [-0.3, -0.25) is 19.8 Å². The number of carbonyl (C=O) groups excluding carboxylic acids is 3. The van der Waals surface area contributed by atoms with Crippen LogP contribution in [0.2, 0.25) is 0 Å². The van der Waals surface area contributed by atoms with Crippen LogP contribution in [-0.2, 0) is 15.1 Å². The molecule has 4 amide bonds. The summed E-state index contributed by atoms with van der Waals surface area (Å²) in [7, 11) is 0. The maximum absolute atomic E-state index is 12.5. The first-order chi connectivity index (χ1) is 8.89. The van der Waals surface area contributed by atoms with Gasteiger partial charge >= 0.3 is 6.03 Å². The summed E-state index contributed by atoms with van der Waals surface area (Å²) in [5.74, 6) is -0.866. The van der Waals surface area contributed by atoms with Gasteiger partial charge in [0.25, 0.3) is 0 Å². The van der Waals surface area contributed by atoms with E-state index in [-0.39, 0.29) is 0 Å². The number of carbonyl (C=O) groups is 3. The number of barbiturate groups is 1. The molecule has 1 N–H and O–H groups in total. The Morgan fingerprint density at radius 2 is 2.05 bits per heavy atom. The zero-order chi connectivity index (χ0) is 13.8. The highest BCUT2D eigenvalue weighted by Gasteiger charge is 2.64. The van der Waals surface area contributed by atoms with Crippen molar-refractivity contribution in [1.82, 2.24) is 15.2 Å². The third-order valence-electron chi connectivity index (χ3n) is 3.74. The van der Waals surface area contributed by atoms with Crippen molar-refractivity contribution in [3.63, 3.8) is 0 Å². The molecule has 0 aromatic carbocycles. The lowest BCUT2D eigenvalue weighted by atomic mass is 9.95. The van der Waals surface area contributed by atoms with Crippen LogP contribution in [-0.4, -0.2) is 27.7 Å². The second-order valence-corrected chi connectivity index (χ2v) is 6.27. The minimum Gasteiger partial charge on any atom is -0.277 e. The molecule has 1 aromatic heterocycles. The number of urea groups is 1. The Kier molecular flexibility index (Phi) is 2.35. The van der Waals surface area contributed by atoms with Crippen molar-refractivity contribution >= 4 is 29.2 Å². The molecule has 0 radical (unpaired) electrons. The molecule has 1 aliphatic carbocycles. The van der Waals surface area contributed by atoms with Gasteiger partial charge < -0.3 is 0 Å². The molecule has 0 bridgehead atoms. The largest absolute Gasteiger partial charge is 0.331 e. The lowest BCUT2D eigenvalue weighted by Crippen LogP contribution is -2.64. The van der Waals surface area contributed by atoms with E-state index in [1.54, 1.807) is 25.4 Å². The molecule has 1 aromatic rings. The van der Waals surface area contributed by atoms with Crippen molar-refractivity contribution < 1.29 is 14.4 Å². The highest BCUT2D eigenvalue weighted by Crippen LogP contribution is 2.51. The molecule has 7 heteroatoms. The van der Waals surface area contributed by atoms with Crippen LogP contribution in [0.3, 0.4) is 0 Å². The third kappa shape index (κ3) is 1.54. The Labute approximate surface area is 113 Å². The van der Waals surface area contributed by atoms with E-state index in [2.05, 4.69) is 10.3 Å². The normalized spacial score (nSPS) is 21.8. The molecule has 1 aliphatic heterocycles. The maximum Gasteiger partial charge on any atom is 0.331 e. The zero-order valence-corrected chi connectivity index (χ0v) is 11.4. The number of nitrogens with one attached hydrogen (secondary N) is 1. The van der Waals surface area contributed by atoms with E-state index in [0.29, 0.717) is 17.8 Å². The van der Waals surface area contributed by atoms with Crippen LogP contribution in [0.25, 0.3) is 0 Å². The van der Waals surface area contributed by atoms with E-state index in [9.17, 15) is 14.4 Å². The summed E-state index contributed by atoms with van der Waals surface area (Å²) in [6.45, 7) is 3.52. The summed E-state index contributed by atoms with van der Waals surface area (Å²) in [6.07, 6.45) is 2.65. The molecule has 2 fully saturated rings. The van der Waals surface area contributed by atoms with Gasteiger partial charge in [0.05, 0.1) is 5.54 Å². The van der Waals surface area contributed by atoms with E-state index in [0.717, 1.165) is 4.90 Å². The van der Waals surface area contributed by atoms with Crippen LogP contribution < -0.4 is 5.32 Å². The number of imide groups is 2. The van der Waals surface area contributed by atoms with E-state index in [1.807, 2.05) is 0 Å². The first kappa shape index (κ1) is 12.3. The highest BCUT2D eigenvalue weighted by atomic mass is 32.1. The number of thiazole rings is 1. The average molecular weight is 279 g/mol. The van der Waals surface area contributed by atoms with Crippen molar-refractivity contribution in [2.45, 2.75) is 32.2 Å². The van der Waals surface area contributed by atoms with Crippen molar-refractivity contribution in [3.8, 4) is 0 Å². The lowest BCUT2D eigenvalue weighted by Gasteiger charge is -2.40. The lowest BCUT2D eigenvalue weighted by molar-refractivity contribution is -0.148. The van der Waals surface area contributed by atoms with Gasteiger partial charge in [-0.15, -0.1) is 11.3 Å². The minimum atomic E-state index is -1.01. The monoisotopic (exact) mass is 279 g/mol. The standard InChI is InChI=1S/C12H13N3O3S/c1-11(2,8-13-5-6-19-8)15-9(17)12(3-4-12)7(16)14-10(15)18/h5-6H,3-4H2,1-2H3,(H,14,16,18). The third-order valence-corrected chi connectivity index (χ3v) is 4.82. The fourth-order valence-corrected chi connectivity index (χ4v) is 3.12. The van der Waals surface area contributed by atoms with Crippen LogP contribution >= 0.6 is 11.3 Å². The molecule has 1 spiro atoms. The Morgan fingerprint density at radius 1 is 1.37 bits per heavy atom. The van der Waals surface area contributed by atoms with Gasteiger partial charge in [-0.25, -0.2) is 9.78 Å². The summed E-state index contributed by atoms with van der Waals surface area (Å²) in [5, 5.41) is 4.75. The fraction of sp³-hybridized carbons (Fsp3) is 0.500. The molecule has 19 heavy (non-hydrogen) atoms. The summed E-state index contributed by atoms with van der Waals surface area (Å²) in [4.78, 5) is 41.6. The number of hydrogen-bond donors (Lipinski definition) is 1. The molecule has 2 heterocycles. The zero-order valence-electron chi connectivity index (χ0n) is 10.6. The number of amides is 4. The number of rotatable bonds is 2. The second-order valence-electron chi connectivity index (χ2n) is 5.38. The molecule has 1 saturated carbocycles. The van der Waals surface area contributed by atoms with E-state index in [1.165, 1.54) is 11.3 Å². The molecule has 100 valence electrons. The van der Waals surface area contributed by atoms with E-state index < -0.39 is 28.8 Å². The Bertz CT molecular complexity index is 575. The summed E-state index contributed by atoms with van der Waals surface area (Å²) in [6, 6.07) is -0.660. The van der Waals surface area contributed by atoms with Gasteiger partial charge in [0.15, 0.2) is 0 Å². The van der Waals surface area contributed by atoms with Gasteiger partial charge in [0, 0.05) is 11.6 Å². The molecule has 0 atom stereocenters. The minimum absolute atomic E-state index is 0.401. The Hall–Kier alpha value is -1.76. The fourth-order valence-electron chi connectivity index (χ4n) is 2.37. The highest BCUT2D eigenvalue weighted by molar-refractivity contribution is 7.09. The Balaban J connectivity index is 2.02. The second kappa shape index (κ2) is 3.63. The number of hydrogen-bond acceptors (Lipinski definition) is 5. The maximum atomic E-state index is 12.5. The van der Waals surface area contributed by atoms with Crippen LogP contribution in [0.1, 0.15) is 31.7 Å². The van der Waals surface area contributed by atoms with Crippen LogP contribution in [0, 0.1) is 5.41 Å². The van der Waals surface area contributed by atoms with Gasteiger partial charge in [0.1, 0.15) is 10.4 Å². The predicted molar refractivity (Wildman–Crippen MR) is 67.2 cm³/mol. The van der Waals surface area contributed by atoms with Crippen molar-refractivity contribution in [1.29, 1.82) is 0 Å². The van der Waals surface area contributed by atoms with Crippen molar-refractivity contribution in [2.75, 3.05) is 0 Å². The molecule has 3 rings (SSSR count). The van der Waals surface area contributed by atoms with E-state index in [4.69, 9.17) is 0 Å². The smallest absolute Gasteiger partial charge is 0.277 e. The molecular weight excluding hydrogens is 266 g/mol. The first-order valence-corrected chi connectivity index (χ1v) is 6.87. The number of aromatic nitrogens is 1. The van der Waals surface area contributed by atoms with Crippen LogP contribution in [0.5, 0.6) is 0 Å². The SMILES string of the molecule is CC(C)(c1nccs1)N1C(=O)NC(=O)C2(CC2)C1=O. The topological polar surface area (TPSA) is 79.4 Å². The van der Waals surface area contributed by atoms with E-state index >= 15 is 0 Å². The van der Waals surface area contributed by atoms with Gasteiger partial charge in [0.2, 0.25) is 11.8 Å². The summed E-state index contributed by atoms with van der Waals surface area (Å²) >= 11 is 1.38. The van der Waals surface area contributed by atoms with Gasteiger partial charge in [-0.2, -0.15) is 0 Å². The van der Waals surface area contributed by atoms with Crippen LogP contribution in [0.15, 0.2) is 11.6 Å². The molecule has 1 saturated heterocycles. The Morgan fingerprint density at radius 3 is 2.58 bits per heavy atom. The molecule has 2 aliphatic rings. The molecule has 0 unspecified atom stereocenters. The van der Waals surface area contributed by atoms with Crippen molar-refractivity contribution in [3.05, 3.63) is 16.6 Å². The molecular formula is C12H13N3O3S. The first-order valence-electron chi connectivity index (χ1n) is 6.00. The average Bonchev–Trinajstić information content (AvgIpc) is 2.93. The van der Waals surface area contributed by atoms with Crippen molar-refractivity contribution in [2.24, 2.45) is 5.41 Å². The molecule has 6 nitrogen and oxygen atoms in total. The summed E-state index contributed by atoms with van der Waals surface area (Å²) in [5.41, 5.74) is -1.87. The quantitative estimate of drug-likeness (QED) is 0.826. The van der Waals surface area contributed by atoms with Gasteiger partial charge in [-0.05, 0) is 26.7 Å². The van der Waals surface area contributed by atoms with Gasteiger partial charge in [-0.1, -0.05) is 0 Å². The number of nitrogens with zero attached hydrogens (tertiary/aromatic N) is 2. The predicted octanol–water partition coefficient (Wildman–Crippen LogP) is 1.24. The van der Waals surface area contributed by atoms with Crippen LogP contribution in [0.4, 0.5) is 4.79 Å². The summed E-state index contributed by atoms with van der Waals surface area (Å²) < 4.78 is 0.